The molecule has 3 rings (SSSR count). The van der Waals surface area contributed by atoms with Crippen LogP contribution in [-0.2, 0) is 18.9 Å². The SMILES string of the molecule is COC1O[C@H](CO)[C@H](O)C2=C1SC[C@]1(C[C@H](O)[C@H](O)[C@H]([C@H](O)CO)O1)O2. The Morgan fingerprint density at radius 2 is 2.04 bits per heavy atom. The predicted octanol–water partition coefficient (Wildman–Crippen LogP) is -2.75. The molecule has 3 aliphatic rings. The Hall–Kier alpha value is -0.470. The molecule has 0 saturated carbocycles. The van der Waals surface area contributed by atoms with Crippen LogP contribution < -0.4 is 0 Å². The summed E-state index contributed by atoms with van der Waals surface area (Å²) in [7, 11) is 1.41. The zero-order chi connectivity index (χ0) is 19.1. The molecule has 26 heavy (non-hydrogen) atoms. The van der Waals surface area contributed by atoms with Crippen LogP contribution in [0.3, 0.4) is 0 Å². The lowest BCUT2D eigenvalue weighted by molar-refractivity contribution is -0.320. The lowest BCUT2D eigenvalue weighted by Gasteiger charge is -2.50. The zero-order valence-electron chi connectivity index (χ0n) is 14.1. The van der Waals surface area contributed by atoms with Gasteiger partial charge >= 0.3 is 0 Å². The van der Waals surface area contributed by atoms with Gasteiger partial charge in [-0.3, -0.25) is 0 Å². The van der Waals surface area contributed by atoms with Crippen LogP contribution in [0.1, 0.15) is 6.42 Å². The Morgan fingerprint density at radius 1 is 1.31 bits per heavy atom. The fourth-order valence-corrected chi connectivity index (χ4v) is 4.50. The number of rotatable bonds is 4. The van der Waals surface area contributed by atoms with Gasteiger partial charge in [-0.05, 0) is 0 Å². The molecular weight excluding hydrogens is 372 g/mol. The summed E-state index contributed by atoms with van der Waals surface area (Å²) in [5.41, 5.74) is 0. The van der Waals surface area contributed by atoms with Crippen LogP contribution >= 0.6 is 11.8 Å². The highest BCUT2D eigenvalue weighted by atomic mass is 32.2. The first kappa shape index (κ1) is 20.3. The normalized spacial score (nSPS) is 44.6. The van der Waals surface area contributed by atoms with Gasteiger partial charge in [-0.25, -0.2) is 0 Å². The fraction of sp³-hybridized carbons (Fsp3) is 0.867. The van der Waals surface area contributed by atoms with Crippen LogP contribution in [-0.4, -0.2) is 105 Å². The number of hydrogen-bond donors (Lipinski definition) is 6. The van der Waals surface area contributed by atoms with E-state index in [0.29, 0.717) is 4.91 Å². The van der Waals surface area contributed by atoms with E-state index in [4.69, 9.17) is 24.1 Å². The summed E-state index contributed by atoms with van der Waals surface area (Å²) in [6.45, 7) is -1.13. The van der Waals surface area contributed by atoms with Gasteiger partial charge in [-0.15, -0.1) is 11.8 Å². The van der Waals surface area contributed by atoms with Crippen molar-refractivity contribution in [2.45, 2.75) is 55.1 Å². The van der Waals surface area contributed by atoms with E-state index in [9.17, 15) is 25.5 Å². The van der Waals surface area contributed by atoms with Crippen molar-refractivity contribution in [2.75, 3.05) is 26.1 Å². The molecule has 0 radical (unpaired) electrons. The molecule has 11 heteroatoms. The van der Waals surface area contributed by atoms with Crippen molar-refractivity contribution in [1.29, 1.82) is 0 Å². The Labute approximate surface area is 153 Å². The van der Waals surface area contributed by atoms with Crippen LogP contribution in [0.2, 0.25) is 0 Å². The van der Waals surface area contributed by atoms with Crippen molar-refractivity contribution in [3.63, 3.8) is 0 Å². The van der Waals surface area contributed by atoms with Gasteiger partial charge in [0.2, 0.25) is 5.79 Å². The van der Waals surface area contributed by atoms with E-state index in [1.54, 1.807) is 0 Å². The standard InChI is InChI=1S/C15H24O10S/c1-22-14-13-12(10(21)8(4-17)23-14)25-15(5-26-13)2-6(18)9(20)11(24-15)7(19)3-16/h6-11,14,16-21H,2-5H2,1H3/t6-,7+,8+,9-,10-,11-,14?,15-/m0/s1. The smallest absolute Gasteiger partial charge is 0.222 e. The number of aliphatic hydroxyl groups excluding tert-OH is 6. The Balaban J connectivity index is 1.88. The number of methoxy groups -OCH3 is 1. The van der Waals surface area contributed by atoms with E-state index in [2.05, 4.69) is 0 Å². The minimum atomic E-state index is -1.43. The molecule has 0 aromatic heterocycles. The molecule has 1 saturated heterocycles. The Morgan fingerprint density at radius 3 is 2.65 bits per heavy atom. The van der Waals surface area contributed by atoms with Crippen molar-refractivity contribution >= 4 is 11.8 Å². The van der Waals surface area contributed by atoms with E-state index in [0.717, 1.165) is 0 Å². The Kier molecular flexibility index (Phi) is 6.14. The van der Waals surface area contributed by atoms with Gasteiger partial charge in [0.15, 0.2) is 6.29 Å². The summed E-state index contributed by atoms with van der Waals surface area (Å²) in [6.07, 6.45) is -8.53. The number of ether oxygens (including phenoxy) is 4. The maximum absolute atomic E-state index is 10.4. The average molecular weight is 396 g/mol. The van der Waals surface area contributed by atoms with Crippen molar-refractivity contribution < 1.29 is 49.6 Å². The topological polar surface area (TPSA) is 158 Å². The van der Waals surface area contributed by atoms with E-state index in [1.807, 2.05) is 0 Å². The second-order valence-electron chi connectivity index (χ2n) is 6.49. The lowest BCUT2D eigenvalue weighted by atomic mass is 9.93. The fourth-order valence-electron chi connectivity index (χ4n) is 3.29. The third-order valence-electron chi connectivity index (χ3n) is 4.68. The third-order valence-corrected chi connectivity index (χ3v) is 5.97. The van der Waals surface area contributed by atoms with Gasteiger partial charge in [0, 0.05) is 13.5 Å². The van der Waals surface area contributed by atoms with Crippen molar-refractivity contribution in [2.24, 2.45) is 0 Å². The summed E-state index contributed by atoms with van der Waals surface area (Å²) < 4.78 is 22.3. The minimum absolute atomic E-state index is 0.0965. The highest BCUT2D eigenvalue weighted by molar-refractivity contribution is 8.03. The molecule has 1 unspecified atom stereocenters. The van der Waals surface area contributed by atoms with Crippen LogP contribution in [0.15, 0.2) is 10.7 Å². The molecular formula is C15H24O10S. The number of thioether (sulfide) groups is 1. The molecule has 1 fully saturated rings. The largest absolute Gasteiger partial charge is 0.462 e. The minimum Gasteiger partial charge on any atom is -0.462 e. The first-order valence-electron chi connectivity index (χ1n) is 8.21. The molecule has 3 aliphatic heterocycles. The summed E-state index contributed by atoms with van der Waals surface area (Å²) in [5, 5.41) is 59.1. The molecule has 3 heterocycles. The van der Waals surface area contributed by atoms with Gasteiger partial charge in [0.1, 0.15) is 36.3 Å². The maximum atomic E-state index is 10.4. The highest BCUT2D eigenvalue weighted by Crippen LogP contribution is 2.47. The summed E-state index contributed by atoms with van der Waals surface area (Å²) in [4.78, 5) is 0.485. The molecule has 8 atom stereocenters. The van der Waals surface area contributed by atoms with Crippen LogP contribution in [0.5, 0.6) is 0 Å². The van der Waals surface area contributed by atoms with Crippen molar-refractivity contribution in [3.05, 3.63) is 10.7 Å². The molecule has 0 aliphatic carbocycles. The van der Waals surface area contributed by atoms with Gasteiger partial charge in [0.25, 0.3) is 0 Å². The van der Waals surface area contributed by atoms with Gasteiger partial charge < -0.3 is 49.6 Å². The van der Waals surface area contributed by atoms with E-state index in [-0.39, 0.29) is 17.9 Å². The Bertz CT molecular complexity index is 545. The van der Waals surface area contributed by atoms with Crippen molar-refractivity contribution in [1.82, 2.24) is 0 Å². The first-order valence-corrected chi connectivity index (χ1v) is 9.20. The van der Waals surface area contributed by atoms with Crippen LogP contribution in [0.25, 0.3) is 0 Å². The second kappa shape index (κ2) is 7.87. The molecule has 0 aromatic rings. The quantitative estimate of drug-likeness (QED) is 0.292. The molecule has 0 aromatic carbocycles. The van der Waals surface area contributed by atoms with E-state index < -0.39 is 61.9 Å². The van der Waals surface area contributed by atoms with E-state index >= 15 is 0 Å². The zero-order valence-corrected chi connectivity index (χ0v) is 14.9. The molecule has 0 amide bonds. The van der Waals surface area contributed by atoms with Gasteiger partial charge in [-0.1, -0.05) is 0 Å². The second-order valence-corrected chi connectivity index (χ2v) is 7.51. The summed E-state index contributed by atoms with van der Waals surface area (Å²) in [5.74, 6) is -1.16. The molecule has 10 nitrogen and oxygen atoms in total. The summed E-state index contributed by atoms with van der Waals surface area (Å²) in [6, 6.07) is 0. The molecule has 150 valence electrons. The van der Waals surface area contributed by atoms with Gasteiger partial charge in [-0.2, -0.15) is 0 Å². The number of hydrogen-bond acceptors (Lipinski definition) is 11. The highest BCUT2D eigenvalue weighted by Gasteiger charge is 2.54. The van der Waals surface area contributed by atoms with E-state index in [1.165, 1.54) is 18.9 Å². The average Bonchev–Trinajstić information content (AvgIpc) is 2.65. The molecule has 0 bridgehead atoms. The maximum Gasteiger partial charge on any atom is 0.222 e. The monoisotopic (exact) mass is 396 g/mol. The molecule has 6 N–H and O–H groups in total. The van der Waals surface area contributed by atoms with Gasteiger partial charge in [0.05, 0.1) is 30.0 Å². The number of aliphatic hydroxyl groups is 6. The molecule has 1 spiro atoms. The lowest BCUT2D eigenvalue weighted by Crippen LogP contribution is -2.62. The predicted molar refractivity (Wildman–Crippen MR) is 86.7 cm³/mol. The summed E-state index contributed by atoms with van der Waals surface area (Å²) >= 11 is 1.23. The van der Waals surface area contributed by atoms with Crippen LogP contribution in [0.4, 0.5) is 0 Å². The van der Waals surface area contributed by atoms with Crippen molar-refractivity contribution in [3.8, 4) is 0 Å². The van der Waals surface area contributed by atoms with Crippen LogP contribution in [0, 0.1) is 0 Å². The first-order chi connectivity index (χ1) is 12.4. The third kappa shape index (κ3) is 3.49.